The molecule has 1 atom stereocenters. The van der Waals surface area contributed by atoms with Gasteiger partial charge >= 0.3 is 0 Å². The van der Waals surface area contributed by atoms with Gasteiger partial charge in [0, 0.05) is 19.2 Å². The van der Waals surface area contributed by atoms with E-state index in [9.17, 15) is 0 Å². The molecule has 0 aliphatic carbocycles. The molecule has 0 spiro atoms. The van der Waals surface area contributed by atoms with E-state index in [1.807, 2.05) is 0 Å². The van der Waals surface area contributed by atoms with Crippen molar-refractivity contribution in [3.05, 3.63) is 0 Å². The Bertz CT molecular complexity index is 99.4. The van der Waals surface area contributed by atoms with Gasteiger partial charge in [0.2, 0.25) is 0 Å². The first-order valence-electron chi connectivity index (χ1n) is 4.02. The maximum absolute atomic E-state index is 5.31. The molecule has 2 heteroatoms. The largest absolute Gasteiger partial charge is 0.377 e. The van der Waals surface area contributed by atoms with E-state index >= 15 is 0 Å². The molecular weight excluding hydrogens is 126 g/mol. The van der Waals surface area contributed by atoms with Crippen LogP contribution >= 0.6 is 0 Å². The third-order valence-corrected chi connectivity index (χ3v) is 2.17. The van der Waals surface area contributed by atoms with Crippen molar-refractivity contribution in [3.63, 3.8) is 0 Å². The maximum atomic E-state index is 5.31. The van der Waals surface area contributed by atoms with E-state index in [0.29, 0.717) is 12.1 Å². The number of hydrogen-bond donors (Lipinski definition) is 0. The predicted octanol–water partition coefficient (Wildman–Crippen LogP) is 1.12. The van der Waals surface area contributed by atoms with E-state index in [4.69, 9.17) is 4.74 Å². The fourth-order valence-corrected chi connectivity index (χ4v) is 0.961. The molecule has 2 nitrogen and oxygen atoms in total. The van der Waals surface area contributed by atoms with Gasteiger partial charge in [-0.2, -0.15) is 0 Å². The summed E-state index contributed by atoms with van der Waals surface area (Å²) in [5.41, 5.74) is 0. The molecule has 1 saturated heterocycles. The van der Waals surface area contributed by atoms with Crippen molar-refractivity contribution in [1.29, 1.82) is 0 Å². The van der Waals surface area contributed by atoms with Crippen molar-refractivity contribution in [1.82, 2.24) is 4.90 Å². The highest BCUT2D eigenvalue weighted by Gasteiger charge is 2.20. The molecule has 0 amide bonds. The summed E-state index contributed by atoms with van der Waals surface area (Å²) in [6.07, 6.45) is 1.77. The molecule has 0 aromatic rings. The number of rotatable bonds is 3. The van der Waals surface area contributed by atoms with E-state index in [2.05, 4.69) is 25.8 Å². The number of likely N-dealkylation sites (N-methyl/N-ethyl adjacent to an activating group) is 1. The molecule has 0 aromatic heterocycles. The Morgan fingerprint density at radius 1 is 1.60 bits per heavy atom. The Hall–Kier alpha value is -0.0800. The van der Waals surface area contributed by atoms with Crippen LogP contribution in [0.2, 0.25) is 0 Å². The van der Waals surface area contributed by atoms with E-state index < -0.39 is 0 Å². The molecule has 1 fully saturated rings. The van der Waals surface area contributed by atoms with Crippen molar-refractivity contribution < 1.29 is 4.74 Å². The van der Waals surface area contributed by atoms with Gasteiger partial charge in [-0.25, -0.2) is 0 Å². The van der Waals surface area contributed by atoms with Crippen LogP contribution in [0.15, 0.2) is 0 Å². The standard InChI is InChI=1S/C8H17NO/c1-7(2)9(3)6-8-4-5-10-8/h7-8H,4-6H2,1-3H3. The third kappa shape index (κ3) is 1.96. The van der Waals surface area contributed by atoms with Gasteiger partial charge in [0.05, 0.1) is 6.10 Å². The van der Waals surface area contributed by atoms with Crippen LogP contribution in [-0.4, -0.2) is 37.2 Å². The minimum Gasteiger partial charge on any atom is -0.377 e. The second kappa shape index (κ2) is 3.35. The lowest BCUT2D eigenvalue weighted by molar-refractivity contribution is -0.0667. The van der Waals surface area contributed by atoms with Gasteiger partial charge in [-0.3, -0.25) is 0 Å². The molecule has 0 saturated carbocycles. The van der Waals surface area contributed by atoms with Gasteiger partial charge < -0.3 is 9.64 Å². The second-order valence-electron chi connectivity index (χ2n) is 3.31. The predicted molar refractivity (Wildman–Crippen MR) is 42.1 cm³/mol. The average molecular weight is 143 g/mol. The molecular formula is C8H17NO. The van der Waals surface area contributed by atoms with Crippen LogP contribution in [0, 0.1) is 0 Å². The van der Waals surface area contributed by atoms with Gasteiger partial charge in [0.25, 0.3) is 0 Å². The van der Waals surface area contributed by atoms with Crippen molar-refractivity contribution in [2.24, 2.45) is 0 Å². The second-order valence-corrected chi connectivity index (χ2v) is 3.31. The zero-order valence-electron chi connectivity index (χ0n) is 7.13. The summed E-state index contributed by atoms with van der Waals surface area (Å²) >= 11 is 0. The summed E-state index contributed by atoms with van der Waals surface area (Å²) in [5.74, 6) is 0. The molecule has 0 N–H and O–H groups in total. The normalized spacial score (nSPS) is 25.5. The summed E-state index contributed by atoms with van der Waals surface area (Å²) in [6, 6.07) is 0.643. The fraction of sp³-hybridized carbons (Fsp3) is 1.00. The lowest BCUT2D eigenvalue weighted by Crippen LogP contribution is -2.40. The molecule has 1 rings (SSSR count). The lowest BCUT2D eigenvalue weighted by atomic mass is 10.1. The van der Waals surface area contributed by atoms with Gasteiger partial charge in [-0.1, -0.05) is 0 Å². The van der Waals surface area contributed by atoms with Crippen LogP contribution in [0.3, 0.4) is 0 Å². The van der Waals surface area contributed by atoms with Crippen LogP contribution in [-0.2, 0) is 4.74 Å². The van der Waals surface area contributed by atoms with Crippen LogP contribution < -0.4 is 0 Å². The highest BCUT2D eigenvalue weighted by Crippen LogP contribution is 2.12. The highest BCUT2D eigenvalue weighted by molar-refractivity contribution is 4.71. The van der Waals surface area contributed by atoms with Gasteiger partial charge in [0.15, 0.2) is 0 Å². The van der Waals surface area contributed by atoms with Gasteiger partial charge in [0.1, 0.15) is 0 Å². The quantitative estimate of drug-likeness (QED) is 0.587. The van der Waals surface area contributed by atoms with E-state index in [0.717, 1.165) is 13.2 Å². The first-order chi connectivity index (χ1) is 4.70. The van der Waals surface area contributed by atoms with E-state index in [1.54, 1.807) is 0 Å². The summed E-state index contributed by atoms with van der Waals surface area (Å²) < 4.78 is 5.31. The van der Waals surface area contributed by atoms with Gasteiger partial charge in [-0.05, 0) is 27.3 Å². The maximum Gasteiger partial charge on any atom is 0.0723 e. The third-order valence-electron chi connectivity index (χ3n) is 2.17. The van der Waals surface area contributed by atoms with Crippen molar-refractivity contribution in [2.75, 3.05) is 20.2 Å². The summed E-state index contributed by atoms with van der Waals surface area (Å²) in [4.78, 5) is 2.32. The van der Waals surface area contributed by atoms with Crippen molar-refractivity contribution in [2.45, 2.75) is 32.4 Å². The highest BCUT2D eigenvalue weighted by atomic mass is 16.5. The molecule has 1 heterocycles. The zero-order chi connectivity index (χ0) is 7.56. The van der Waals surface area contributed by atoms with Crippen LogP contribution in [0.4, 0.5) is 0 Å². The van der Waals surface area contributed by atoms with Crippen LogP contribution in [0.5, 0.6) is 0 Å². The fourth-order valence-electron chi connectivity index (χ4n) is 0.961. The number of nitrogens with zero attached hydrogens (tertiary/aromatic N) is 1. The Kier molecular flexibility index (Phi) is 2.69. The molecule has 1 aliphatic heterocycles. The summed E-state index contributed by atoms with van der Waals surface area (Å²) in [5, 5.41) is 0. The SMILES string of the molecule is CC(C)N(C)CC1CCO1. The number of hydrogen-bond acceptors (Lipinski definition) is 2. The molecule has 1 unspecified atom stereocenters. The zero-order valence-corrected chi connectivity index (χ0v) is 7.13. The van der Waals surface area contributed by atoms with Crippen LogP contribution in [0.1, 0.15) is 20.3 Å². The lowest BCUT2D eigenvalue weighted by Gasteiger charge is -2.32. The Labute approximate surface area is 63.2 Å². The molecule has 10 heavy (non-hydrogen) atoms. The molecule has 0 aromatic carbocycles. The average Bonchev–Trinajstić information content (AvgIpc) is 1.77. The number of ether oxygens (including phenoxy) is 1. The molecule has 60 valence electrons. The summed E-state index contributed by atoms with van der Waals surface area (Å²) in [7, 11) is 2.15. The monoisotopic (exact) mass is 143 g/mol. The minimum atomic E-state index is 0.521. The topological polar surface area (TPSA) is 12.5 Å². The van der Waals surface area contributed by atoms with Crippen molar-refractivity contribution >= 4 is 0 Å². The Morgan fingerprint density at radius 3 is 2.50 bits per heavy atom. The smallest absolute Gasteiger partial charge is 0.0723 e. The first-order valence-corrected chi connectivity index (χ1v) is 4.02. The molecule has 0 radical (unpaired) electrons. The summed E-state index contributed by atoms with van der Waals surface area (Å²) in [6.45, 7) is 6.48. The molecule has 1 aliphatic rings. The van der Waals surface area contributed by atoms with Crippen molar-refractivity contribution in [3.8, 4) is 0 Å². The molecule has 0 bridgehead atoms. The first kappa shape index (κ1) is 8.02. The Morgan fingerprint density at radius 2 is 2.20 bits per heavy atom. The van der Waals surface area contributed by atoms with Crippen LogP contribution in [0.25, 0.3) is 0 Å². The van der Waals surface area contributed by atoms with E-state index in [1.165, 1.54) is 6.42 Å². The van der Waals surface area contributed by atoms with E-state index in [-0.39, 0.29) is 0 Å². The minimum absolute atomic E-state index is 0.521. The Balaban J connectivity index is 2.10. The van der Waals surface area contributed by atoms with Gasteiger partial charge in [-0.15, -0.1) is 0 Å².